The van der Waals surface area contributed by atoms with Crippen LogP contribution in [0.4, 0.5) is 10.8 Å². The van der Waals surface area contributed by atoms with Crippen LogP contribution >= 0.6 is 22.7 Å². The topological polar surface area (TPSA) is 119 Å². The van der Waals surface area contributed by atoms with Crippen molar-refractivity contribution in [2.24, 2.45) is 0 Å². The molecule has 0 saturated carbocycles. The maximum absolute atomic E-state index is 12.2. The van der Waals surface area contributed by atoms with E-state index in [2.05, 4.69) is 10.3 Å². The first kappa shape index (κ1) is 20.1. The second kappa shape index (κ2) is 8.59. The predicted molar refractivity (Wildman–Crippen MR) is 109 cm³/mol. The first-order chi connectivity index (χ1) is 13.3. The molecule has 0 saturated heterocycles. The van der Waals surface area contributed by atoms with Crippen LogP contribution in [0.25, 0.3) is 10.6 Å². The summed E-state index contributed by atoms with van der Waals surface area (Å²) in [5, 5.41) is 16.7. The first-order valence-electron chi connectivity index (χ1n) is 8.05. The molecule has 8 nitrogen and oxygen atoms in total. The summed E-state index contributed by atoms with van der Waals surface area (Å²) in [6, 6.07) is 10.2. The van der Waals surface area contributed by atoms with Gasteiger partial charge in [0.1, 0.15) is 0 Å². The average Bonchev–Trinajstić information content (AvgIpc) is 3.30. The lowest BCUT2D eigenvalue weighted by atomic mass is 10.2. The summed E-state index contributed by atoms with van der Waals surface area (Å²) in [7, 11) is -3.41. The minimum Gasteiger partial charge on any atom is -0.302 e. The molecule has 0 aliphatic rings. The minimum absolute atomic E-state index is 0.0118. The average molecular weight is 438 g/mol. The van der Waals surface area contributed by atoms with Crippen LogP contribution in [0.2, 0.25) is 0 Å². The molecule has 0 aliphatic carbocycles. The number of amides is 1. The normalized spacial score (nSPS) is 11.3. The molecule has 0 spiro atoms. The second-order valence-electron chi connectivity index (χ2n) is 5.84. The van der Waals surface area contributed by atoms with Crippen LogP contribution in [0.5, 0.6) is 0 Å². The van der Waals surface area contributed by atoms with Gasteiger partial charge in [-0.25, -0.2) is 13.4 Å². The predicted octanol–water partition coefficient (Wildman–Crippen LogP) is 3.72. The lowest BCUT2D eigenvalue weighted by molar-refractivity contribution is -0.384. The highest BCUT2D eigenvalue weighted by Gasteiger charge is 2.17. The Kier molecular flexibility index (Phi) is 6.17. The van der Waals surface area contributed by atoms with E-state index >= 15 is 0 Å². The smallest absolute Gasteiger partial charge is 0.280 e. The summed E-state index contributed by atoms with van der Waals surface area (Å²) >= 11 is 2.36. The fourth-order valence-electron chi connectivity index (χ4n) is 2.33. The molecular formula is C17H15N3O5S3. The van der Waals surface area contributed by atoms with Crippen molar-refractivity contribution in [3.8, 4) is 10.6 Å². The van der Waals surface area contributed by atoms with Crippen molar-refractivity contribution in [3.63, 3.8) is 0 Å². The molecule has 3 aromatic rings. The van der Waals surface area contributed by atoms with Crippen molar-refractivity contribution in [1.29, 1.82) is 0 Å². The fraction of sp³-hybridized carbons (Fsp3) is 0.176. The van der Waals surface area contributed by atoms with Crippen LogP contribution in [0.3, 0.4) is 0 Å². The van der Waals surface area contributed by atoms with Gasteiger partial charge in [0.25, 0.3) is 5.69 Å². The Balaban J connectivity index is 1.55. The quantitative estimate of drug-likeness (QED) is 0.424. The number of nitrogens with one attached hydrogen (secondary N) is 1. The van der Waals surface area contributed by atoms with E-state index in [4.69, 9.17) is 0 Å². The zero-order valence-electron chi connectivity index (χ0n) is 14.4. The molecule has 28 heavy (non-hydrogen) atoms. The molecule has 1 aromatic carbocycles. The second-order valence-corrected chi connectivity index (χ2v) is 9.79. The van der Waals surface area contributed by atoms with Gasteiger partial charge in [0, 0.05) is 17.9 Å². The highest BCUT2D eigenvalue weighted by molar-refractivity contribution is 7.90. The van der Waals surface area contributed by atoms with Crippen molar-refractivity contribution >= 4 is 49.2 Å². The molecule has 11 heteroatoms. The molecule has 0 bridgehead atoms. The summed E-state index contributed by atoms with van der Waals surface area (Å²) in [6.07, 6.45) is -0.172. The van der Waals surface area contributed by atoms with Gasteiger partial charge < -0.3 is 5.32 Å². The van der Waals surface area contributed by atoms with Crippen molar-refractivity contribution in [2.75, 3.05) is 11.1 Å². The number of hydrogen-bond donors (Lipinski definition) is 1. The number of anilines is 1. The highest BCUT2D eigenvalue weighted by Crippen LogP contribution is 2.32. The molecular weight excluding hydrogens is 422 g/mol. The van der Waals surface area contributed by atoms with Gasteiger partial charge in [0.15, 0.2) is 15.0 Å². The van der Waals surface area contributed by atoms with Crippen molar-refractivity contribution in [3.05, 3.63) is 62.8 Å². The van der Waals surface area contributed by atoms with E-state index in [0.717, 1.165) is 0 Å². The summed E-state index contributed by atoms with van der Waals surface area (Å²) in [5.74, 6) is -0.822. The van der Waals surface area contributed by atoms with E-state index < -0.39 is 20.7 Å². The zero-order chi connectivity index (χ0) is 20.1. The van der Waals surface area contributed by atoms with Crippen molar-refractivity contribution in [1.82, 2.24) is 4.98 Å². The van der Waals surface area contributed by atoms with E-state index in [9.17, 15) is 23.3 Å². The van der Waals surface area contributed by atoms with Gasteiger partial charge in [-0.1, -0.05) is 30.3 Å². The number of nitrogens with zero attached hydrogens (tertiary/aromatic N) is 2. The van der Waals surface area contributed by atoms with Crippen molar-refractivity contribution < 1.29 is 18.1 Å². The number of thiophene rings is 1. The van der Waals surface area contributed by atoms with Crippen LogP contribution in [-0.2, 0) is 20.4 Å². The Morgan fingerprint density at radius 1 is 1.18 bits per heavy atom. The summed E-state index contributed by atoms with van der Waals surface area (Å²) in [6.45, 7) is 0. The van der Waals surface area contributed by atoms with Gasteiger partial charge in [-0.05, 0) is 5.56 Å². The molecule has 0 fully saturated rings. The van der Waals surface area contributed by atoms with E-state index in [0.29, 0.717) is 21.3 Å². The van der Waals surface area contributed by atoms with E-state index in [1.165, 1.54) is 34.1 Å². The number of carbonyl (C=O) groups is 1. The third kappa shape index (κ3) is 5.44. The standard InChI is InChI=1S/C17H15N3O5S3/c21-16(6-7-28(24,25)11-12-4-2-1-3-5-12)19-17-18-14(10-27-17)15-8-13(9-26-15)20(22)23/h1-5,8-10H,6-7,11H2,(H,18,19,21). The summed E-state index contributed by atoms with van der Waals surface area (Å²) in [5.41, 5.74) is 1.19. The largest absolute Gasteiger partial charge is 0.302 e. The maximum atomic E-state index is 12.2. The molecule has 0 unspecified atom stereocenters. The molecule has 2 aromatic heterocycles. The van der Waals surface area contributed by atoms with Crippen LogP contribution in [0.1, 0.15) is 12.0 Å². The van der Waals surface area contributed by atoms with Gasteiger partial charge in [0.05, 0.1) is 32.4 Å². The third-order valence-corrected chi connectivity index (χ3v) is 6.97. The van der Waals surface area contributed by atoms with Crippen LogP contribution < -0.4 is 5.32 Å². The SMILES string of the molecule is O=C(CCS(=O)(=O)Cc1ccccc1)Nc1nc(-c2cc([N+](=O)[O-])cs2)cs1. The Bertz CT molecular complexity index is 1090. The Labute approximate surface area is 168 Å². The van der Waals surface area contributed by atoms with Crippen LogP contribution in [0, 0.1) is 10.1 Å². The number of rotatable bonds is 8. The van der Waals surface area contributed by atoms with Crippen LogP contribution in [-0.4, -0.2) is 30.0 Å². The lowest BCUT2D eigenvalue weighted by Gasteiger charge is -2.05. The third-order valence-electron chi connectivity index (χ3n) is 3.67. The first-order valence-corrected chi connectivity index (χ1v) is 11.6. The van der Waals surface area contributed by atoms with Crippen molar-refractivity contribution in [2.45, 2.75) is 12.2 Å². The van der Waals surface area contributed by atoms with Gasteiger partial charge in [-0.3, -0.25) is 14.9 Å². The van der Waals surface area contributed by atoms with E-state index in [1.54, 1.807) is 35.7 Å². The minimum atomic E-state index is -3.41. The molecule has 0 atom stereocenters. The number of aromatic nitrogens is 1. The Morgan fingerprint density at radius 2 is 1.93 bits per heavy atom. The molecule has 146 valence electrons. The lowest BCUT2D eigenvalue weighted by Crippen LogP contribution is -2.18. The van der Waals surface area contributed by atoms with Gasteiger partial charge in [-0.15, -0.1) is 22.7 Å². The maximum Gasteiger partial charge on any atom is 0.280 e. The zero-order valence-corrected chi connectivity index (χ0v) is 16.9. The fourth-order valence-corrected chi connectivity index (χ4v) is 5.29. The van der Waals surface area contributed by atoms with E-state index in [-0.39, 0.29) is 23.6 Å². The number of nitro groups is 1. The monoisotopic (exact) mass is 437 g/mol. The van der Waals surface area contributed by atoms with Crippen LogP contribution in [0.15, 0.2) is 47.2 Å². The number of benzene rings is 1. The number of hydrogen-bond acceptors (Lipinski definition) is 8. The molecule has 0 aliphatic heterocycles. The number of carbonyl (C=O) groups excluding carboxylic acids is 1. The number of thiazole rings is 1. The summed E-state index contributed by atoms with van der Waals surface area (Å²) < 4.78 is 24.3. The molecule has 3 rings (SSSR count). The van der Waals surface area contributed by atoms with Gasteiger partial charge in [-0.2, -0.15) is 0 Å². The van der Waals surface area contributed by atoms with Gasteiger partial charge in [0.2, 0.25) is 5.91 Å². The van der Waals surface area contributed by atoms with Gasteiger partial charge >= 0.3 is 0 Å². The Hall–Kier alpha value is -2.63. The highest BCUT2D eigenvalue weighted by atomic mass is 32.2. The summed E-state index contributed by atoms with van der Waals surface area (Å²) in [4.78, 5) is 27.2. The molecule has 0 radical (unpaired) electrons. The molecule has 1 amide bonds. The van der Waals surface area contributed by atoms with E-state index in [1.807, 2.05) is 0 Å². The number of sulfone groups is 1. The Morgan fingerprint density at radius 3 is 2.61 bits per heavy atom. The molecule has 1 N–H and O–H groups in total. The molecule has 2 heterocycles.